The third-order valence-electron chi connectivity index (χ3n) is 10.5. The van der Waals surface area contributed by atoms with Crippen molar-refractivity contribution in [2.24, 2.45) is 18.7 Å². The Morgan fingerprint density at radius 1 is 1.10 bits per heavy atom. The van der Waals surface area contributed by atoms with Crippen molar-refractivity contribution >= 4 is 52.2 Å². The van der Waals surface area contributed by atoms with Gasteiger partial charge in [0, 0.05) is 25.6 Å². The normalized spacial score (nSPS) is 21.7. The minimum atomic E-state index is -1.48. The van der Waals surface area contributed by atoms with Gasteiger partial charge in [-0.1, -0.05) is 42.5 Å². The molecule has 274 valence electrons. The highest BCUT2D eigenvalue weighted by Crippen LogP contribution is 2.35. The minimum absolute atomic E-state index is 0.0264. The van der Waals surface area contributed by atoms with Crippen molar-refractivity contribution < 1.29 is 29.1 Å². The second-order valence-electron chi connectivity index (χ2n) is 14.6. The number of nitrogens with two attached hydrogens (primary N) is 1. The zero-order valence-corrected chi connectivity index (χ0v) is 30.0. The van der Waals surface area contributed by atoms with E-state index in [0.29, 0.717) is 34.7 Å². The average molecular weight is 723 g/mol. The number of likely N-dealkylation sites (tertiary alicyclic amines) is 1. The first-order valence-electron chi connectivity index (χ1n) is 17.6. The van der Waals surface area contributed by atoms with E-state index in [9.17, 15) is 29.1 Å². The molecule has 2 saturated heterocycles. The van der Waals surface area contributed by atoms with Gasteiger partial charge in [0.15, 0.2) is 0 Å². The maximum Gasteiger partial charge on any atom is 0.287 e. The van der Waals surface area contributed by atoms with Gasteiger partial charge in [0.1, 0.15) is 28.7 Å². The van der Waals surface area contributed by atoms with Crippen molar-refractivity contribution in [3.05, 3.63) is 35.7 Å². The first-order chi connectivity index (χ1) is 24.3. The van der Waals surface area contributed by atoms with E-state index in [0.717, 1.165) is 37.6 Å². The monoisotopic (exact) mass is 722 g/mol. The molecule has 0 radical (unpaired) electrons. The molecular formula is C34H46N10O6S. The third kappa shape index (κ3) is 7.64. The van der Waals surface area contributed by atoms with Crippen molar-refractivity contribution in [1.82, 2.24) is 45.5 Å². The number of primary amides is 1. The number of carbonyl (C=O) groups is 5. The Kier molecular flexibility index (Phi) is 10.5. The lowest BCUT2D eigenvalue weighted by atomic mass is 9.84. The number of fused-ring (bicyclic) bond motifs is 1. The molecule has 4 heterocycles. The molecule has 0 spiro atoms. The van der Waals surface area contributed by atoms with Crippen molar-refractivity contribution in [3.63, 3.8) is 0 Å². The smallest absolute Gasteiger partial charge is 0.287 e. The fraction of sp³-hybridized carbons (Fsp3) is 0.618. The number of amides is 4. The second kappa shape index (κ2) is 14.7. The van der Waals surface area contributed by atoms with E-state index in [1.807, 2.05) is 0 Å². The highest BCUT2D eigenvalue weighted by atomic mass is 32.2. The van der Waals surface area contributed by atoms with Crippen LogP contribution in [-0.2, 0) is 31.8 Å². The van der Waals surface area contributed by atoms with E-state index < -0.39 is 58.7 Å². The van der Waals surface area contributed by atoms with Crippen molar-refractivity contribution in [2.75, 3.05) is 18.1 Å². The molecule has 4 amide bonds. The largest absolute Gasteiger partial charge is 0.384 e. The summed E-state index contributed by atoms with van der Waals surface area (Å²) in [5.74, 6) is -2.24. The number of thioether (sulfide) groups is 1. The zero-order chi connectivity index (χ0) is 36.5. The summed E-state index contributed by atoms with van der Waals surface area (Å²) in [4.78, 5) is 69.7. The minimum Gasteiger partial charge on any atom is -0.384 e. The zero-order valence-electron chi connectivity index (χ0n) is 29.2. The number of aryl methyl sites for hydroxylation is 1. The highest BCUT2D eigenvalue weighted by Gasteiger charge is 2.49. The maximum absolute atomic E-state index is 14.8. The van der Waals surface area contributed by atoms with Crippen molar-refractivity contribution in [3.8, 4) is 0 Å². The number of aromatic nitrogens is 6. The number of hydrogen-bond donors (Lipinski definition) is 4. The first-order valence-corrected chi connectivity index (χ1v) is 18.7. The van der Waals surface area contributed by atoms with Crippen LogP contribution in [0.25, 0.3) is 11.0 Å². The molecule has 51 heavy (non-hydrogen) atoms. The first kappa shape index (κ1) is 36.4. The maximum atomic E-state index is 14.8. The van der Waals surface area contributed by atoms with Gasteiger partial charge < -0.3 is 26.4 Å². The molecule has 1 saturated carbocycles. The van der Waals surface area contributed by atoms with Crippen molar-refractivity contribution in [1.29, 1.82) is 0 Å². The van der Waals surface area contributed by atoms with Crippen LogP contribution >= 0.6 is 11.8 Å². The Labute approximate surface area is 299 Å². The quantitative estimate of drug-likeness (QED) is 0.206. The van der Waals surface area contributed by atoms with Gasteiger partial charge in [-0.3, -0.25) is 24.0 Å². The molecule has 5 N–H and O–H groups in total. The van der Waals surface area contributed by atoms with Gasteiger partial charge in [0.25, 0.3) is 11.8 Å². The van der Waals surface area contributed by atoms with Crippen LogP contribution in [-0.4, -0.2) is 105 Å². The molecule has 3 fully saturated rings. The number of nitrogens with zero attached hydrogens (tertiary/aromatic N) is 7. The fourth-order valence-electron chi connectivity index (χ4n) is 7.72. The van der Waals surface area contributed by atoms with E-state index in [1.54, 1.807) is 55.5 Å². The van der Waals surface area contributed by atoms with E-state index in [1.165, 1.54) is 15.8 Å². The average Bonchev–Trinajstić information content (AvgIpc) is 3.87. The molecule has 3 atom stereocenters. The lowest BCUT2D eigenvalue weighted by Crippen LogP contribution is -2.63. The molecule has 2 aromatic heterocycles. The molecule has 1 aromatic carbocycles. The summed E-state index contributed by atoms with van der Waals surface area (Å²) in [5, 5.41) is 33.1. The molecule has 17 heteroatoms. The summed E-state index contributed by atoms with van der Waals surface area (Å²) in [6.07, 6.45) is 7.36. The number of benzene rings is 1. The summed E-state index contributed by atoms with van der Waals surface area (Å²) in [5.41, 5.74) is 4.65. The summed E-state index contributed by atoms with van der Waals surface area (Å²) in [6, 6.07) is 2.41. The van der Waals surface area contributed by atoms with Crippen LogP contribution in [0.15, 0.2) is 24.4 Å². The van der Waals surface area contributed by atoms with Gasteiger partial charge in [0.2, 0.25) is 17.6 Å². The Hall–Kier alpha value is -4.38. The van der Waals surface area contributed by atoms with Gasteiger partial charge in [-0.25, -0.2) is 9.36 Å². The standard InChI is InChI=1S/C34H46N10O6S/c1-33(2,50)27-18-36-40-44(27)22-17-26(31(48)38-34(28(45)29(35)46)11-13-51-14-12-34)43(19-22)32(49)24(15-20-7-5-4-6-8-20)37-30(47)21-9-10-25-23(16-21)39-41-42(25)3/h9-10,16,18,20,22,24,26,50H,4-8,11-15,17,19H2,1-3H3,(H2,35,46)(H,37,47)(H,38,48)/t22-,24?,26-/m0/s1. The predicted molar refractivity (Wildman–Crippen MR) is 187 cm³/mol. The van der Waals surface area contributed by atoms with Crippen LogP contribution in [0.3, 0.4) is 0 Å². The topological polar surface area (TPSA) is 220 Å². The number of nitrogens with one attached hydrogen (secondary N) is 2. The third-order valence-corrected chi connectivity index (χ3v) is 11.5. The molecule has 1 unspecified atom stereocenters. The van der Waals surface area contributed by atoms with Crippen LogP contribution < -0.4 is 16.4 Å². The molecule has 1 aliphatic carbocycles. The molecule has 16 nitrogen and oxygen atoms in total. The number of carbonyl (C=O) groups excluding carboxylic acids is 5. The highest BCUT2D eigenvalue weighted by molar-refractivity contribution is 7.99. The fourth-order valence-corrected chi connectivity index (χ4v) is 8.91. The van der Waals surface area contributed by atoms with Gasteiger partial charge in [-0.05, 0) is 68.7 Å². The lowest BCUT2D eigenvalue weighted by molar-refractivity contribution is -0.145. The summed E-state index contributed by atoms with van der Waals surface area (Å²) in [6.45, 7) is 3.22. The number of aliphatic hydroxyl groups is 1. The Bertz CT molecular complexity index is 1810. The molecule has 3 aliphatic rings. The van der Waals surface area contributed by atoms with Gasteiger partial charge in [-0.15, -0.1) is 10.2 Å². The van der Waals surface area contributed by atoms with E-state index in [2.05, 4.69) is 31.3 Å². The summed E-state index contributed by atoms with van der Waals surface area (Å²) in [7, 11) is 1.76. The Morgan fingerprint density at radius 2 is 1.82 bits per heavy atom. The van der Waals surface area contributed by atoms with E-state index in [4.69, 9.17) is 5.73 Å². The van der Waals surface area contributed by atoms with Crippen LogP contribution in [0.2, 0.25) is 0 Å². The Balaban J connectivity index is 1.33. The van der Waals surface area contributed by atoms with Gasteiger partial charge in [-0.2, -0.15) is 11.8 Å². The van der Waals surface area contributed by atoms with Crippen LogP contribution in [0.1, 0.15) is 93.7 Å². The number of hydrogen-bond acceptors (Lipinski definition) is 11. The Morgan fingerprint density at radius 3 is 2.51 bits per heavy atom. The molecule has 2 aliphatic heterocycles. The van der Waals surface area contributed by atoms with Gasteiger partial charge >= 0.3 is 0 Å². The van der Waals surface area contributed by atoms with E-state index >= 15 is 0 Å². The number of ketones is 1. The SMILES string of the molecule is Cn1nnc2cc(C(=O)NC(CC3CCCCC3)C(=O)N3C[C@@H](n4nncc4C(C)(C)O)C[C@H]3C(=O)NC3(C(=O)C(N)=O)CCSCC3)ccc21. The molecule has 3 aromatic rings. The number of rotatable bonds is 11. The van der Waals surface area contributed by atoms with Crippen LogP contribution in [0.4, 0.5) is 0 Å². The second-order valence-corrected chi connectivity index (χ2v) is 15.8. The molecule has 6 rings (SSSR count). The molecular weight excluding hydrogens is 677 g/mol. The number of Topliss-reactive ketones (excluding diaryl/α,β-unsaturated/α-hetero) is 1. The van der Waals surface area contributed by atoms with E-state index in [-0.39, 0.29) is 31.7 Å². The van der Waals surface area contributed by atoms with Crippen molar-refractivity contribution in [2.45, 2.75) is 101 Å². The van der Waals surface area contributed by atoms with Crippen LogP contribution in [0, 0.1) is 5.92 Å². The predicted octanol–water partition coefficient (Wildman–Crippen LogP) is 1.13. The molecule has 0 bridgehead atoms. The lowest BCUT2D eigenvalue weighted by Gasteiger charge is -2.37. The summed E-state index contributed by atoms with van der Waals surface area (Å²) >= 11 is 1.61. The summed E-state index contributed by atoms with van der Waals surface area (Å²) < 4.78 is 3.13. The van der Waals surface area contributed by atoms with Gasteiger partial charge in [0.05, 0.1) is 23.4 Å². The van der Waals surface area contributed by atoms with Crippen LogP contribution in [0.5, 0.6) is 0 Å².